The van der Waals surface area contributed by atoms with Gasteiger partial charge in [0.05, 0.1) is 17.3 Å². The van der Waals surface area contributed by atoms with Gasteiger partial charge in [0.2, 0.25) is 17.7 Å². The predicted molar refractivity (Wildman–Crippen MR) is 153 cm³/mol. The van der Waals surface area contributed by atoms with E-state index in [-0.39, 0.29) is 51.4 Å². The zero-order valence-electron chi connectivity index (χ0n) is 22.7. The van der Waals surface area contributed by atoms with Crippen molar-refractivity contribution in [3.05, 3.63) is 87.5 Å². The summed E-state index contributed by atoms with van der Waals surface area (Å²) in [5.74, 6) is -7.09. The number of alkyl halides is 2. The van der Waals surface area contributed by atoms with E-state index in [0.717, 1.165) is 17.0 Å². The van der Waals surface area contributed by atoms with Gasteiger partial charge in [-0.05, 0) is 48.9 Å². The van der Waals surface area contributed by atoms with Gasteiger partial charge in [0.25, 0.3) is 5.92 Å². The first kappa shape index (κ1) is 31.2. The smallest absolute Gasteiger partial charge is 0.252 e. The van der Waals surface area contributed by atoms with Gasteiger partial charge in [-0.2, -0.15) is 5.26 Å². The topological polar surface area (TPSA) is 106 Å². The summed E-state index contributed by atoms with van der Waals surface area (Å²) in [5.41, 5.74) is -0.155. The molecule has 8 nitrogen and oxygen atoms in total. The van der Waals surface area contributed by atoms with Crippen LogP contribution in [0.15, 0.2) is 54.7 Å². The highest BCUT2D eigenvalue weighted by molar-refractivity contribution is 6.34. The fraction of sp³-hybridized carbons (Fsp3) is 0.300. The average molecular weight is 648 g/mol. The number of rotatable bonds is 8. The summed E-state index contributed by atoms with van der Waals surface area (Å²) >= 11 is 12.7. The lowest BCUT2D eigenvalue weighted by Gasteiger charge is -2.38. The van der Waals surface area contributed by atoms with Gasteiger partial charge in [-0.15, -0.1) is 0 Å². The van der Waals surface area contributed by atoms with Crippen molar-refractivity contribution in [1.82, 2.24) is 10.3 Å². The summed E-state index contributed by atoms with van der Waals surface area (Å²) in [5, 5.41) is 11.9. The molecule has 3 aromatic rings. The fourth-order valence-corrected chi connectivity index (χ4v) is 5.85. The second-order valence-electron chi connectivity index (χ2n) is 10.6. The second kappa shape index (κ2) is 12.4. The Balaban J connectivity index is 1.57. The van der Waals surface area contributed by atoms with Crippen molar-refractivity contribution in [2.45, 2.75) is 56.2 Å². The third-order valence-electron chi connectivity index (χ3n) is 7.45. The predicted octanol–water partition coefficient (Wildman–Crippen LogP) is 6.11. The molecule has 5 rings (SSSR count). The Hall–Kier alpha value is -4.21. The molecule has 2 aliphatic rings. The Morgan fingerprint density at radius 2 is 1.82 bits per heavy atom. The molecule has 2 heterocycles. The SMILES string of the molecule is N#Cc1ccnc(N2C(=O)CC[C@H]2CC(=O)N(c2cc(F)cc(F)c2)[C@H](C(=O)NC2CC(F)(F)C2)c2cc(Cl)ccc2Cl)c1. The molecule has 1 saturated heterocycles. The van der Waals surface area contributed by atoms with Crippen molar-refractivity contribution in [2.75, 3.05) is 9.80 Å². The number of hydrogen-bond donors (Lipinski definition) is 1. The summed E-state index contributed by atoms with van der Waals surface area (Å²) in [6.45, 7) is 0. The fourth-order valence-electron chi connectivity index (χ4n) is 5.45. The molecule has 0 spiro atoms. The summed E-state index contributed by atoms with van der Waals surface area (Å²) in [6, 6.07) is 7.69. The molecule has 2 aromatic carbocycles. The van der Waals surface area contributed by atoms with Crippen molar-refractivity contribution in [2.24, 2.45) is 0 Å². The van der Waals surface area contributed by atoms with Crippen LogP contribution < -0.4 is 15.1 Å². The first-order valence-electron chi connectivity index (χ1n) is 13.4. The molecular formula is C30H23Cl2F4N5O3. The van der Waals surface area contributed by atoms with Crippen LogP contribution in [0.4, 0.5) is 29.1 Å². The van der Waals surface area contributed by atoms with E-state index in [2.05, 4.69) is 10.3 Å². The molecule has 1 saturated carbocycles. The molecule has 0 bridgehead atoms. The molecule has 2 fully saturated rings. The summed E-state index contributed by atoms with van der Waals surface area (Å²) in [7, 11) is 0. The van der Waals surface area contributed by atoms with E-state index in [1.807, 2.05) is 6.07 Å². The van der Waals surface area contributed by atoms with Gasteiger partial charge >= 0.3 is 0 Å². The number of carbonyl (C=O) groups is 3. The van der Waals surface area contributed by atoms with Crippen LogP contribution in [-0.4, -0.2) is 40.7 Å². The molecule has 1 aliphatic heterocycles. The molecular weight excluding hydrogens is 625 g/mol. The Kier molecular flexibility index (Phi) is 8.81. The Morgan fingerprint density at radius 1 is 1.11 bits per heavy atom. The molecule has 2 atom stereocenters. The number of pyridine rings is 1. The molecule has 0 radical (unpaired) electrons. The number of nitrogens with zero attached hydrogens (tertiary/aromatic N) is 4. The highest BCUT2D eigenvalue weighted by Gasteiger charge is 2.47. The number of nitriles is 1. The first-order valence-corrected chi connectivity index (χ1v) is 14.2. The van der Waals surface area contributed by atoms with Crippen molar-refractivity contribution in [1.29, 1.82) is 5.26 Å². The second-order valence-corrected chi connectivity index (χ2v) is 11.4. The third kappa shape index (κ3) is 6.64. The Labute approximate surface area is 259 Å². The number of hydrogen-bond acceptors (Lipinski definition) is 5. The lowest BCUT2D eigenvalue weighted by atomic mass is 9.87. The number of anilines is 2. The van der Waals surface area contributed by atoms with E-state index in [1.54, 1.807) is 0 Å². The molecule has 44 heavy (non-hydrogen) atoms. The number of aromatic nitrogens is 1. The number of amides is 3. The lowest BCUT2D eigenvalue weighted by Crippen LogP contribution is -2.54. The van der Waals surface area contributed by atoms with E-state index < -0.39 is 66.8 Å². The van der Waals surface area contributed by atoms with Crippen LogP contribution in [0.2, 0.25) is 10.0 Å². The average Bonchev–Trinajstić information content (AvgIpc) is 3.30. The number of carbonyl (C=O) groups excluding carboxylic acids is 3. The Bertz CT molecular complexity index is 1660. The molecule has 1 aromatic heterocycles. The van der Waals surface area contributed by atoms with Gasteiger partial charge in [-0.3, -0.25) is 24.2 Å². The summed E-state index contributed by atoms with van der Waals surface area (Å²) in [6.07, 6.45) is -0.126. The molecule has 228 valence electrons. The van der Waals surface area contributed by atoms with Crippen molar-refractivity contribution in [3.8, 4) is 6.07 Å². The minimum Gasteiger partial charge on any atom is -0.351 e. The van der Waals surface area contributed by atoms with E-state index in [1.165, 1.54) is 41.4 Å². The van der Waals surface area contributed by atoms with E-state index in [4.69, 9.17) is 23.2 Å². The van der Waals surface area contributed by atoms with E-state index >= 15 is 0 Å². The minimum absolute atomic E-state index is 0.0245. The standard InChI is InChI=1S/C30H23Cl2F4N5O3/c31-17-1-3-24(32)23(8-17)28(29(44)39-20-13-30(35,36)14-20)41(22-10-18(33)9-19(34)11-22)27(43)12-21-2-4-26(42)40(21)25-7-16(15-37)5-6-38-25/h1,3,5-11,20-21,28H,2,4,12-14H2,(H,39,44)/t21-,28-/m0/s1. The number of benzene rings is 2. The van der Waals surface area contributed by atoms with Crippen LogP contribution in [-0.2, 0) is 14.4 Å². The Morgan fingerprint density at radius 3 is 2.48 bits per heavy atom. The lowest BCUT2D eigenvalue weighted by molar-refractivity contribution is -0.133. The maximum absolute atomic E-state index is 14.5. The highest BCUT2D eigenvalue weighted by Crippen LogP contribution is 2.40. The van der Waals surface area contributed by atoms with Gasteiger partial charge in [-0.25, -0.2) is 22.5 Å². The largest absolute Gasteiger partial charge is 0.351 e. The van der Waals surface area contributed by atoms with Crippen molar-refractivity contribution < 1.29 is 31.9 Å². The third-order valence-corrected chi connectivity index (χ3v) is 8.03. The van der Waals surface area contributed by atoms with E-state index in [9.17, 15) is 37.2 Å². The van der Waals surface area contributed by atoms with Crippen LogP contribution in [0.5, 0.6) is 0 Å². The van der Waals surface area contributed by atoms with Crippen LogP contribution in [0, 0.1) is 23.0 Å². The highest BCUT2D eigenvalue weighted by atomic mass is 35.5. The zero-order valence-corrected chi connectivity index (χ0v) is 24.3. The zero-order chi connectivity index (χ0) is 31.8. The van der Waals surface area contributed by atoms with Gasteiger partial charge < -0.3 is 5.32 Å². The monoisotopic (exact) mass is 647 g/mol. The first-order chi connectivity index (χ1) is 20.8. The van der Waals surface area contributed by atoms with Crippen LogP contribution in [0.3, 0.4) is 0 Å². The molecule has 1 N–H and O–H groups in total. The van der Waals surface area contributed by atoms with Crippen LogP contribution >= 0.6 is 23.2 Å². The maximum atomic E-state index is 14.5. The van der Waals surface area contributed by atoms with E-state index in [0.29, 0.717) is 6.07 Å². The summed E-state index contributed by atoms with van der Waals surface area (Å²) < 4.78 is 56.3. The van der Waals surface area contributed by atoms with Crippen LogP contribution in [0.1, 0.15) is 49.3 Å². The number of nitrogens with one attached hydrogen (secondary N) is 1. The quantitative estimate of drug-likeness (QED) is 0.297. The molecule has 1 aliphatic carbocycles. The minimum atomic E-state index is -2.97. The van der Waals surface area contributed by atoms with Gasteiger partial charge in [-0.1, -0.05) is 23.2 Å². The van der Waals surface area contributed by atoms with Crippen molar-refractivity contribution in [3.63, 3.8) is 0 Å². The molecule has 14 heteroatoms. The normalized spacial score (nSPS) is 18.3. The van der Waals surface area contributed by atoms with Gasteiger partial charge in [0.1, 0.15) is 23.5 Å². The molecule has 0 unspecified atom stereocenters. The number of halogens is 6. The summed E-state index contributed by atoms with van der Waals surface area (Å²) in [4.78, 5) is 47.2. The van der Waals surface area contributed by atoms with Gasteiger partial charge in [0.15, 0.2) is 0 Å². The van der Waals surface area contributed by atoms with Crippen LogP contribution in [0.25, 0.3) is 0 Å². The van der Waals surface area contributed by atoms with Gasteiger partial charge in [0, 0.05) is 65.6 Å². The molecule has 3 amide bonds. The maximum Gasteiger partial charge on any atom is 0.252 e. The van der Waals surface area contributed by atoms with Crippen molar-refractivity contribution >= 4 is 52.4 Å².